The fourth-order valence-electron chi connectivity index (χ4n) is 4.05. The Bertz CT molecular complexity index is 1050. The number of ether oxygens (including phenoxy) is 2. The van der Waals surface area contributed by atoms with Gasteiger partial charge in [0.1, 0.15) is 23.1 Å². The van der Waals surface area contributed by atoms with Crippen molar-refractivity contribution in [2.24, 2.45) is 0 Å². The monoisotopic (exact) mass is 406 g/mol. The van der Waals surface area contributed by atoms with Gasteiger partial charge in [0.25, 0.3) is 5.91 Å². The summed E-state index contributed by atoms with van der Waals surface area (Å²) in [5.74, 6) is 1.62. The van der Waals surface area contributed by atoms with Crippen LogP contribution in [0.25, 0.3) is 10.6 Å². The fraction of sp³-hybridized carbons (Fsp3) is 0.304. The first kappa shape index (κ1) is 18.2. The highest BCUT2D eigenvalue weighted by atomic mass is 32.1. The Labute approximate surface area is 173 Å². The van der Waals surface area contributed by atoms with Crippen LogP contribution in [0, 0.1) is 6.92 Å². The second kappa shape index (κ2) is 7.52. The predicted molar refractivity (Wildman–Crippen MR) is 113 cm³/mol. The molecule has 0 aliphatic carbocycles. The number of carbonyl (C=O) groups is 1. The maximum absolute atomic E-state index is 13.4. The zero-order valence-corrected chi connectivity index (χ0v) is 17.1. The Hall–Kier alpha value is -2.86. The van der Waals surface area contributed by atoms with Gasteiger partial charge < -0.3 is 14.4 Å². The molecule has 0 spiro atoms. The fourth-order valence-corrected chi connectivity index (χ4v) is 5.08. The molecule has 0 saturated carbocycles. The van der Waals surface area contributed by atoms with Gasteiger partial charge in [-0.2, -0.15) is 0 Å². The van der Waals surface area contributed by atoms with Crippen molar-refractivity contribution in [3.63, 3.8) is 0 Å². The van der Waals surface area contributed by atoms with Crippen LogP contribution in [0.15, 0.2) is 48.5 Å². The molecule has 29 heavy (non-hydrogen) atoms. The molecule has 3 heterocycles. The maximum atomic E-state index is 13.4. The van der Waals surface area contributed by atoms with Gasteiger partial charge in [-0.1, -0.05) is 36.4 Å². The number of aromatic nitrogens is 1. The number of thiazole rings is 1. The van der Waals surface area contributed by atoms with Gasteiger partial charge in [-0.15, -0.1) is 11.3 Å². The summed E-state index contributed by atoms with van der Waals surface area (Å²) in [6.45, 7) is 3.82. The summed E-state index contributed by atoms with van der Waals surface area (Å²) in [6, 6.07) is 16.1. The molecule has 5 nitrogen and oxygen atoms in total. The molecular weight excluding hydrogens is 384 g/mol. The molecular formula is C23H22N2O3S. The largest absolute Gasteiger partial charge is 0.486 e. The van der Waals surface area contributed by atoms with Crippen LogP contribution in [-0.2, 0) is 0 Å². The summed E-state index contributed by atoms with van der Waals surface area (Å²) in [4.78, 5) is 20.8. The number of benzene rings is 2. The van der Waals surface area contributed by atoms with E-state index in [0.29, 0.717) is 13.2 Å². The van der Waals surface area contributed by atoms with Crippen molar-refractivity contribution in [1.82, 2.24) is 9.88 Å². The van der Waals surface area contributed by atoms with E-state index in [4.69, 9.17) is 9.47 Å². The van der Waals surface area contributed by atoms with E-state index in [0.717, 1.165) is 57.6 Å². The summed E-state index contributed by atoms with van der Waals surface area (Å²) in [5, 5.41) is 0.890. The number of fused-ring (bicyclic) bond motifs is 1. The van der Waals surface area contributed by atoms with Crippen LogP contribution in [0.1, 0.15) is 39.8 Å². The molecule has 3 aromatic rings. The second-order valence-electron chi connectivity index (χ2n) is 7.36. The third-order valence-electron chi connectivity index (χ3n) is 5.48. The van der Waals surface area contributed by atoms with E-state index in [9.17, 15) is 4.79 Å². The van der Waals surface area contributed by atoms with E-state index in [-0.39, 0.29) is 11.9 Å². The minimum absolute atomic E-state index is 0.0556. The first-order chi connectivity index (χ1) is 14.2. The maximum Gasteiger partial charge on any atom is 0.266 e. The molecule has 148 valence electrons. The lowest BCUT2D eigenvalue weighted by Crippen LogP contribution is -2.30. The molecule has 6 heteroatoms. The van der Waals surface area contributed by atoms with Crippen molar-refractivity contribution < 1.29 is 14.3 Å². The topological polar surface area (TPSA) is 51.7 Å². The van der Waals surface area contributed by atoms with E-state index in [1.165, 1.54) is 11.3 Å². The number of amides is 1. The highest BCUT2D eigenvalue weighted by Crippen LogP contribution is 2.39. The molecule has 1 unspecified atom stereocenters. The molecule has 2 aliphatic rings. The number of nitrogens with zero attached hydrogens (tertiary/aromatic N) is 2. The van der Waals surface area contributed by atoms with Gasteiger partial charge in [-0.25, -0.2) is 4.98 Å². The van der Waals surface area contributed by atoms with E-state index >= 15 is 0 Å². The summed E-state index contributed by atoms with van der Waals surface area (Å²) in [6.07, 6.45) is 1.95. The quantitative estimate of drug-likeness (QED) is 0.623. The van der Waals surface area contributed by atoms with Crippen molar-refractivity contribution in [3.8, 4) is 22.1 Å². The Morgan fingerprint density at radius 1 is 1.10 bits per heavy atom. The van der Waals surface area contributed by atoms with Gasteiger partial charge in [0.05, 0.1) is 11.7 Å². The molecule has 1 amide bonds. The van der Waals surface area contributed by atoms with Crippen LogP contribution in [0.2, 0.25) is 0 Å². The Balaban J connectivity index is 1.43. The van der Waals surface area contributed by atoms with Gasteiger partial charge in [0, 0.05) is 12.1 Å². The first-order valence-electron chi connectivity index (χ1n) is 9.94. The predicted octanol–water partition coefficient (Wildman–Crippen LogP) is 4.87. The van der Waals surface area contributed by atoms with Crippen LogP contribution >= 0.6 is 11.3 Å². The number of hydrogen-bond acceptors (Lipinski definition) is 5. The molecule has 0 N–H and O–H groups in total. The first-order valence-corrected chi connectivity index (χ1v) is 10.8. The average Bonchev–Trinajstić information content (AvgIpc) is 3.41. The molecule has 1 atom stereocenters. The summed E-state index contributed by atoms with van der Waals surface area (Å²) >= 11 is 1.48. The molecule has 1 fully saturated rings. The van der Waals surface area contributed by atoms with Crippen LogP contribution in [0.3, 0.4) is 0 Å². The van der Waals surface area contributed by atoms with Gasteiger partial charge in [-0.05, 0) is 37.5 Å². The number of carbonyl (C=O) groups excluding carboxylic acids is 1. The number of hydrogen-bond donors (Lipinski definition) is 0. The molecule has 5 rings (SSSR count). The van der Waals surface area contributed by atoms with E-state index in [2.05, 4.69) is 11.1 Å². The lowest BCUT2D eigenvalue weighted by Gasteiger charge is -2.26. The highest BCUT2D eigenvalue weighted by Gasteiger charge is 2.33. The third kappa shape index (κ3) is 3.38. The van der Waals surface area contributed by atoms with Crippen molar-refractivity contribution in [3.05, 3.63) is 64.7 Å². The van der Waals surface area contributed by atoms with E-state index in [1.807, 2.05) is 54.3 Å². The number of rotatable bonds is 3. The summed E-state index contributed by atoms with van der Waals surface area (Å²) < 4.78 is 11.4. The van der Waals surface area contributed by atoms with E-state index < -0.39 is 0 Å². The van der Waals surface area contributed by atoms with Crippen LogP contribution < -0.4 is 9.47 Å². The van der Waals surface area contributed by atoms with Gasteiger partial charge >= 0.3 is 0 Å². The average molecular weight is 407 g/mol. The summed E-state index contributed by atoms with van der Waals surface area (Å²) in [7, 11) is 0. The molecule has 1 aromatic heterocycles. The van der Waals surface area contributed by atoms with E-state index in [1.54, 1.807) is 0 Å². The number of aryl methyl sites for hydroxylation is 1. The van der Waals surface area contributed by atoms with Gasteiger partial charge in [0.2, 0.25) is 0 Å². The third-order valence-corrected chi connectivity index (χ3v) is 6.67. The van der Waals surface area contributed by atoms with Crippen LogP contribution in [0.4, 0.5) is 0 Å². The minimum Gasteiger partial charge on any atom is -0.486 e. The lowest BCUT2D eigenvalue weighted by molar-refractivity contribution is 0.0739. The molecule has 0 bridgehead atoms. The molecule has 0 radical (unpaired) electrons. The lowest BCUT2D eigenvalue weighted by atomic mass is 10.0. The van der Waals surface area contributed by atoms with Crippen LogP contribution in [-0.4, -0.2) is 35.5 Å². The van der Waals surface area contributed by atoms with Crippen molar-refractivity contribution >= 4 is 17.2 Å². The molecule has 1 saturated heterocycles. The Kier molecular flexibility index (Phi) is 4.72. The summed E-state index contributed by atoms with van der Waals surface area (Å²) in [5.41, 5.74) is 2.95. The van der Waals surface area contributed by atoms with Crippen molar-refractivity contribution in [1.29, 1.82) is 0 Å². The SMILES string of the molecule is Cc1nc(-c2ccccc2)sc1C(=O)N1CCCC1c1ccc2c(c1)OCCO2. The second-order valence-corrected chi connectivity index (χ2v) is 8.36. The van der Waals surface area contributed by atoms with Crippen LogP contribution in [0.5, 0.6) is 11.5 Å². The zero-order valence-electron chi connectivity index (χ0n) is 16.3. The number of likely N-dealkylation sites (tertiary alicyclic amines) is 1. The molecule has 2 aliphatic heterocycles. The van der Waals surface area contributed by atoms with Crippen molar-refractivity contribution in [2.75, 3.05) is 19.8 Å². The normalized spacial score (nSPS) is 18.1. The highest BCUT2D eigenvalue weighted by molar-refractivity contribution is 7.17. The Morgan fingerprint density at radius 3 is 2.72 bits per heavy atom. The smallest absolute Gasteiger partial charge is 0.266 e. The van der Waals surface area contributed by atoms with Gasteiger partial charge in [0.15, 0.2) is 11.5 Å². The molecule has 2 aromatic carbocycles. The zero-order chi connectivity index (χ0) is 19.8. The van der Waals surface area contributed by atoms with Crippen molar-refractivity contribution in [2.45, 2.75) is 25.8 Å². The minimum atomic E-state index is 0.0556. The van der Waals surface area contributed by atoms with Gasteiger partial charge in [-0.3, -0.25) is 4.79 Å². The standard InChI is InChI=1S/C23H22N2O3S/c1-15-21(29-22(24-15)16-6-3-2-4-7-16)23(26)25-11-5-8-18(25)17-9-10-19-20(14-17)28-13-12-27-19/h2-4,6-7,9-10,14,18H,5,8,11-13H2,1H3. The Morgan fingerprint density at radius 2 is 1.90 bits per heavy atom.